The second-order valence-corrected chi connectivity index (χ2v) is 5.90. The number of aliphatic carboxylic acids is 1. The van der Waals surface area contributed by atoms with Gasteiger partial charge >= 0.3 is 5.97 Å². The van der Waals surface area contributed by atoms with Crippen molar-refractivity contribution >= 4 is 11.9 Å². The summed E-state index contributed by atoms with van der Waals surface area (Å²) in [6.07, 6.45) is 1.49. The average Bonchev–Trinajstić information content (AvgIpc) is 3.23. The largest absolute Gasteiger partial charge is 0.484 e. The Balaban J connectivity index is 1.62. The van der Waals surface area contributed by atoms with Crippen molar-refractivity contribution in [1.29, 1.82) is 0 Å². The SMILES string of the molecule is O=C(O)C[C@H]1CN(C(=O)COc2ccc(F)cc2)C[C@H]1c1cn[nH]n1. The number of amides is 1. The van der Waals surface area contributed by atoms with Gasteiger partial charge in [0.1, 0.15) is 11.6 Å². The lowest BCUT2D eigenvalue weighted by molar-refractivity contribution is -0.138. The van der Waals surface area contributed by atoms with Gasteiger partial charge in [-0.1, -0.05) is 0 Å². The Bertz CT molecular complexity index is 735. The zero-order valence-electron chi connectivity index (χ0n) is 13.3. The van der Waals surface area contributed by atoms with E-state index >= 15 is 0 Å². The summed E-state index contributed by atoms with van der Waals surface area (Å²) >= 11 is 0. The number of ether oxygens (including phenoxy) is 1. The van der Waals surface area contributed by atoms with Crippen molar-refractivity contribution in [2.75, 3.05) is 19.7 Å². The molecule has 0 saturated carbocycles. The number of aromatic nitrogens is 3. The van der Waals surface area contributed by atoms with E-state index in [-0.39, 0.29) is 36.6 Å². The Hall–Kier alpha value is -2.97. The number of likely N-dealkylation sites (tertiary alicyclic amines) is 1. The minimum Gasteiger partial charge on any atom is -0.484 e. The number of carbonyl (C=O) groups is 2. The summed E-state index contributed by atoms with van der Waals surface area (Å²) in [4.78, 5) is 25.0. The van der Waals surface area contributed by atoms with Gasteiger partial charge in [-0.25, -0.2) is 4.39 Å². The van der Waals surface area contributed by atoms with Crippen LogP contribution >= 0.6 is 0 Å². The highest BCUT2D eigenvalue weighted by molar-refractivity contribution is 5.78. The Morgan fingerprint density at radius 1 is 1.32 bits per heavy atom. The van der Waals surface area contributed by atoms with Crippen LogP contribution in [0.4, 0.5) is 4.39 Å². The van der Waals surface area contributed by atoms with Crippen LogP contribution in [0.3, 0.4) is 0 Å². The number of aromatic amines is 1. The molecule has 25 heavy (non-hydrogen) atoms. The van der Waals surface area contributed by atoms with Crippen LogP contribution in [0.1, 0.15) is 18.0 Å². The molecule has 2 heterocycles. The smallest absolute Gasteiger partial charge is 0.303 e. The molecule has 0 unspecified atom stereocenters. The van der Waals surface area contributed by atoms with Gasteiger partial charge in [0.25, 0.3) is 5.91 Å². The molecule has 1 aromatic heterocycles. The number of benzene rings is 1. The minimum atomic E-state index is -0.921. The Kier molecular flexibility index (Phi) is 4.92. The third-order valence-electron chi connectivity index (χ3n) is 4.22. The van der Waals surface area contributed by atoms with Gasteiger partial charge in [0.2, 0.25) is 0 Å². The quantitative estimate of drug-likeness (QED) is 0.807. The molecule has 132 valence electrons. The number of nitrogens with one attached hydrogen (secondary N) is 1. The first-order chi connectivity index (χ1) is 12.0. The van der Waals surface area contributed by atoms with Crippen molar-refractivity contribution in [3.63, 3.8) is 0 Å². The molecule has 1 amide bonds. The molecule has 1 saturated heterocycles. The molecule has 1 fully saturated rings. The van der Waals surface area contributed by atoms with Crippen molar-refractivity contribution in [1.82, 2.24) is 20.3 Å². The van der Waals surface area contributed by atoms with E-state index in [4.69, 9.17) is 9.84 Å². The predicted molar refractivity (Wildman–Crippen MR) is 83.3 cm³/mol. The molecule has 2 N–H and O–H groups in total. The normalized spacial score (nSPS) is 19.8. The maximum absolute atomic E-state index is 12.9. The van der Waals surface area contributed by atoms with Gasteiger partial charge in [0.15, 0.2) is 6.61 Å². The van der Waals surface area contributed by atoms with Crippen LogP contribution in [0, 0.1) is 11.7 Å². The van der Waals surface area contributed by atoms with Gasteiger partial charge in [0, 0.05) is 19.0 Å². The van der Waals surface area contributed by atoms with E-state index in [0.29, 0.717) is 24.5 Å². The van der Waals surface area contributed by atoms with Gasteiger partial charge < -0.3 is 14.7 Å². The van der Waals surface area contributed by atoms with E-state index in [2.05, 4.69) is 15.4 Å². The summed E-state index contributed by atoms with van der Waals surface area (Å²) in [6.45, 7) is 0.475. The molecule has 2 aromatic rings. The van der Waals surface area contributed by atoms with Gasteiger partial charge in [-0.15, -0.1) is 0 Å². The number of nitrogens with zero attached hydrogens (tertiary/aromatic N) is 3. The lowest BCUT2D eigenvalue weighted by atomic mass is 9.91. The van der Waals surface area contributed by atoms with Crippen LogP contribution in [-0.2, 0) is 9.59 Å². The van der Waals surface area contributed by atoms with Crippen LogP contribution in [0.5, 0.6) is 5.75 Å². The van der Waals surface area contributed by atoms with Crippen LogP contribution in [0.2, 0.25) is 0 Å². The molecule has 2 atom stereocenters. The molecule has 0 radical (unpaired) electrons. The molecule has 1 aliphatic rings. The Labute approximate surface area is 142 Å². The van der Waals surface area contributed by atoms with Gasteiger partial charge in [-0.05, 0) is 30.2 Å². The van der Waals surface area contributed by atoms with Crippen LogP contribution in [0.25, 0.3) is 0 Å². The summed E-state index contributed by atoms with van der Waals surface area (Å²) in [6, 6.07) is 5.38. The van der Waals surface area contributed by atoms with Crippen molar-refractivity contribution in [3.8, 4) is 5.75 Å². The lowest BCUT2D eigenvalue weighted by Crippen LogP contribution is -2.33. The summed E-state index contributed by atoms with van der Waals surface area (Å²) in [5.74, 6) is -1.60. The first-order valence-corrected chi connectivity index (χ1v) is 7.76. The number of carbonyl (C=O) groups excluding carboxylic acids is 1. The molecular weight excluding hydrogens is 331 g/mol. The third kappa shape index (κ3) is 4.11. The van der Waals surface area contributed by atoms with Crippen LogP contribution < -0.4 is 4.74 Å². The first kappa shape index (κ1) is 16.9. The topological polar surface area (TPSA) is 108 Å². The standard InChI is InChI=1S/C16H17FN4O4/c17-11-1-3-12(4-2-11)25-9-15(22)21-7-10(5-16(23)24)13(8-21)14-6-18-20-19-14/h1-4,6,10,13H,5,7-9H2,(H,23,24)(H,18,19,20)/t10-,13+/m0/s1. The summed E-state index contributed by atoms with van der Waals surface area (Å²) in [5, 5.41) is 19.4. The van der Waals surface area contributed by atoms with Crippen LogP contribution in [0.15, 0.2) is 30.5 Å². The number of carboxylic acid groups (broad SMARTS) is 1. The minimum absolute atomic E-state index is 0.0554. The number of hydrogen-bond donors (Lipinski definition) is 2. The number of H-pyrrole nitrogens is 1. The van der Waals surface area contributed by atoms with Gasteiger partial charge in [-0.3, -0.25) is 9.59 Å². The number of halogens is 1. The van der Waals surface area contributed by atoms with Crippen LogP contribution in [-0.4, -0.2) is 57.0 Å². The van der Waals surface area contributed by atoms with Gasteiger partial charge in [0.05, 0.1) is 18.3 Å². The zero-order valence-corrected chi connectivity index (χ0v) is 13.3. The molecule has 3 rings (SSSR count). The van der Waals surface area contributed by atoms with Crippen molar-refractivity contribution in [2.45, 2.75) is 12.3 Å². The molecule has 0 spiro atoms. The van der Waals surface area contributed by atoms with E-state index in [1.54, 1.807) is 11.1 Å². The fourth-order valence-electron chi connectivity index (χ4n) is 3.00. The van der Waals surface area contributed by atoms with E-state index in [1.165, 1.54) is 24.3 Å². The average molecular weight is 348 g/mol. The maximum atomic E-state index is 12.9. The van der Waals surface area contributed by atoms with Crippen molar-refractivity contribution in [2.24, 2.45) is 5.92 Å². The van der Waals surface area contributed by atoms with E-state index in [1.807, 2.05) is 0 Å². The van der Waals surface area contributed by atoms with E-state index in [0.717, 1.165) is 0 Å². The zero-order chi connectivity index (χ0) is 17.8. The Morgan fingerprint density at radius 3 is 2.72 bits per heavy atom. The molecule has 9 heteroatoms. The molecular formula is C16H17FN4O4. The second-order valence-electron chi connectivity index (χ2n) is 5.90. The van der Waals surface area contributed by atoms with Crippen molar-refractivity contribution in [3.05, 3.63) is 42.0 Å². The Morgan fingerprint density at radius 2 is 2.08 bits per heavy atom. The second kappa shape index (κ2) is 7.29. The molecule has 8 nitrogen and oxygen atoms in total. The maximum Gasteiger partial charge on any atom is 0.303 e. The van der Waals surface area contributed by atoms with Gasteiger partial charge in [-0.2, -0.15) is 15.4 Å². The number of hydrogen-bond acceptors (Lipinski definition) is 5. The summed E-state index contributed by atoms with van der Waals surface area (Å²) in [5.41, 5.74) is 0.640. The predicted octanol–water partition coefficient (Wildman–Crippen LogP) is 1.04. The van der Waals surface area contributed by atoms with Crippen molar-refractivity contribution < 1.29 is 23.8 Å². The molecule has 0 aliphatic carbocycles. The number of rotatable bonds is 6. The van der Waals surface area contributed by atoms with E-state index < -0.39 is 5.97 Å². The fourth-order valence-corrected chi connectivity index (χ4v) is 3.00. The number of carboxylic acids is 1. The fraction of sp³-hybridized carbons (Fsp3) is 0.375. The molecule has 0 bridgehead atoms. The van der Waals surface area contributed by atoms with E-state index in [9.17, 15) is 14.0 Å². The summed E-state index contributed by atoms with van der Waals surface area (Å²) in [7, 11) is 0. The summed E-state index contributed by atoms with van der Waals surface area (Å²) < 4.78 is 18.2. The lowest BCUT2D eigenvalue weighted by Gasteiger charge is -2.16. The highest BCUT2D eigenvalue weighted by atomic mass is 19.1. The molecule has 1 aromatic carbocycles. The first-order valence-electron chi connectivity index (χ1n) is 7.76. The highest BCUT2D eigenvalue weighted by Crippen LogP contribution is 2.33. The molecule has 1 aliphatic heterocycles. The monoisotopic (exact) mass is 348 g/mol. The highest BCUT2D eigenvalue weighted by Gasteiger charge is 2.38. The third-order valence-corrected chi connectivity index (χ3v) is 4.22.